The first-order valence-electron chi connectivity index (χ1n) is 6.59. The number of hydrogen-bond acceptors (Lipinski definition) is 0. The van der Waals surface area contributed by atoms with Gasteiger partial charge in [-0.3, -0.25) is 0 Å². The van der Waals surface area contributed by atoms with Crippen LogP contribution in [0.2, 0.25) is 19.6 Å². The van der Waals surface area contributed by atoms with E-state index in [2.05, 4.69) is 84.1 Å². The van der Waals surface area contributed by atoms with Crippen molar-refractivity contribution >= 4 is 50.7 Å². The Bertz CT molecular complexity index is 712. The van der Waals surface area contributed by atoms with Crippen LogP contribution in [0, 0.1) is 0 Å². The van der Waals surface area contributed by atoms with Gasteiger partial charge >= 0.3 is 0 Å². The molecule has 0 radical (unpaired) electrons. The van der Waals surface area contributed by atoms with Crippen molar-refractivity contribution in [3.05, 3.63) is 53.0 Å². The molecule has 3 aromatic carbocycles. The lowest BCUT2D eigenvalue weighted by Gasteiger charge is -2.23. The molecule has 3 aromatic rings. The van der Waals surface area contributed by atoms with Gasteiger partial charge in [-0.15, -0.1) is 0 Å². The largest absolute Gasteiger partial charge is 0.0792 e. The van der Waals surface area contributed by atoms with Crippen molar-refractivity contribution in [2.45, 2.75) is 19.6 Å². The minimum Gasteiger partial charge on any atom is -0.0656 e. The molecule has 0 amide bonds. The molecule has 3 rings (SSSR count). The Morgan fingerprint density at radius 3 is 1.42 bits per heavy atom. The fraction of sp³-hybridized carbons (Fsp3) is 0.176. The van der Waals surface area contributed by atoms with E-state index in [1.165, 1.54) is 26.0 Å². The molecular formula is C17H17BrSi. The lowest BCUT2D eigenvalue weighted by molar-refractivity contribution is 1.71. The second kappa shape index (κ2) is 4.46. The van der Waals surface area contributed by atoms with E-state index in [1.54, 1.807) is 5.19 Å². The molecule has 0 aliphatic heterocycles. The fourth-order valence-electron chi connectivity index (χ4n) is 2.88. The lowest BCUT2D eigenvalue weighted by Crippen LogP contribution is -2.38. The molecule has 0 aromatic heterocycles. The first-order chi connectivity index (χ1) is 9.00. The Balaban J connectivity index is 2.65. The third kappa shape index (κ3) is 2.03. The second-order valence-corrected chi connectivity index (χ2v) is 11.8. The third-order valence-electron chi connectivity index (χ3n) is 3.62. The number of halogens is 1. The van der Waals surface area contributed by atoms with Gasteiger partial charge in [-0.05, 0) is 42.7 Å². The summed E-state index contributed by atoms with van der Waals surface area (Å²) in [5, 5.41) is 7.05. The molecule has 0 N–H and O–H groups in total. The highest BCUT2D eigenvalue weighted by Crippen LogP contribution is 2.32. The molecule has 0 heterocycles. The summed E-state index contributed by atoms with van der Waals surface area (Å²) in [5.74, 6) is 0. The molecular weight excluding hydrogens is 312 g/mol. The van der Waals surface area contributed by atoms with E-state index in [0.29, 0.717) is 0 Å². The molecule has 2 heteroatoms. The molecule has 0 aliphatic carbocycles. The molecule has 96 valence electrons. The van der Waals surface area contributed by atoms with Gasteiger partial charge in [-0.1, -0.05) is 68.2 Å². The average molecular weight is 329 g/mol. The lowest BCUT2D eigenvalue weighted by atomic mass is 10.0. The van der Waals surface area contributed by atoms with Gasteiger partial charge in [-0.25, -0.2) is 0 Å². The van der Waals surface area contributed by atoms with E-state index in [4.69, 9.17) is 0 Å². The summed E-state index contributed by atoms with van der Waals surface area (Å²) in [6, 6.07) is 17.5. The van der Waals surface area contributed by atoms with Crippen LogP contribution in [0.1, 0.15) is 0 Å². The van der Waals surface area contributed by atoms with Crippen LogP contribution in [-0.2, 0) is 0 Å². The van der Waals surface area contributed by atoms with Crippen LogP contribution in [0.25, 0.3) is 21.5 Å². The second-order valence-electron chi connectivity index (χ2n) is 6.03. The van der Waals surface area contributed by atoms with Crippen LogP contribution in [0.3, 0.4) is 0 Å². The predicted molar refractivity (Wildman–Crippen MR) is 92.1 cm³/mol. The molecule has 0 saturated carbocycles. The van der Waals surface area contributed by atoms with E-state index in [-0.39, 0.29) is 0 Å². The van der Waals surface area contributed by atoms with Gasteiger partial charge < -0.3 is 0 Å². The normalized spacial score (nSPS) is 12.2. The van der Waals surface area contributed by atoms with Gasteiger partial charge in [0.15, 0.2) is 0 Å². The summed E-state index contributed by atoms with van der Waals surface area (Å²) in [6.07, 6.45) is 0. The average Bonchev–Trinajstić information content (AvgIpc) is 2.38. The van der Waals surface area contributed by atoms with E-state index in [0.717, 1.165) is 0 Å². The molecule has 0 spiro atoms. The molecule has 0 bridgehead atoms. The first-order valence-corrected chi connectivity index (χ1v) is 10.9. The van der Waals surface area contributed by atoms with Gasteiger partial charge in [0, 0.05) is 4.47 Å². The van der Waals surface area contributed by atoms with Crippen LogP contribution in [0.4, 0.5) is 0 Å². The summed E-state index contributed by atoms with van der Waals surface area (Å²) in [4.78, 5) is 0. The minimum atomic E-state index is -1.41. The predicted octanol–water partition coefficient (Wildman–Crippen LogP) is 5.30. The highest BCUT2D eigenvalue weighted by atomic mass is 79.9. The minimum absolute atomic E-state index is 1.22. The van der Waals surface area contributed by atoms with Crippen molar-refractivity contribution in [2.75, 3.05) is 0 Å². The monoisotopic (exact) mass is 328 g/mol. The fourth-order valence-corrected chi connectivity index (χ4v) is 5.63. The molecule has 0 unspecified atom stereocenters. The van der Waals surface area contributed by atoms with Crippen molar-refractivity contribution in [2.24, 2.45) is 0 Å². The highest BCUT2D eigenvalue weighted by molar-refractivity contribution is 9.10. The summed E-state index contributed by atoms with van der Waals surface area (Å²) in [7, 11) is -1.41. The zero-order chi connectivity index (χ0) is 13.6. The molecule has 0 fully saturated rings. The van der Waals surface area contributed by atoms with Crippen molar-refractivity contribution in [1.82, 2.24) is 0 Å². The summed E-state index contributed by atoms with van der Waals surface area (Å²) >= 11 is 3.80. The Hall–Kier alpha value is -1.12. The number of rotatable bonds is 1. The van der Waals surface area contributed by atoms with Crippen molar-refractivity contribution < 1.29 is 0 Å². The Morgan fingerprint density at radius 2 is 1.05 bits per heavy atom. The maximum Gasteiger partial charge on any atom is 0.0792 e. The third-order valence-corrected chi connectivity index (χ3v) is 6.51. The number of hydrogen-bond donors (Lipinski definition) is 0. The van der Waals surface area contributed by atoms with Crippen LogP contribution < -0.4 is 5.19 Å². The number of benzene rings is 3. The molecule has 0 saturated heterocycles. The van der Waals surface area contributed by atoms with Crippen LogP contribution in [0.5, 0.6) is 0 Å². The van der Waals surface area contributed by atoms with Gasteiger partial charge in [0.2, 0.25) is 0 Å². The van der Waals surface area contributed by atoms with Crippen LogP contribution in [0.15, 0.2) is 53.0 Å². The smallest absolute Gasteiger partial charge is 0.0656 e. The molecule has 0 nitrogen and oxygen atoms in total. The summed E-state index contributed by atoms with van der Waals surface area (Å²) in [6.45, 7) is 7.28. The topological polar surface area (TPSA) is 0 Å². The summed E-state index contributed by atoms with van der Waals surface area (Å²) < 4.78 is 1.22. The van der Waals surface area contributed by atoms with Crippen LogP contribution >= 0.6 is 15.9 Å². The van der Waals surface area contributed by atoms with E-state index in [1.807, 2.05) is 0 Å². The van der Waals surface area contributed by atoms with E-state index < -0.39 is 8.07 Å². The van der Waals surface area contributed by atoms with E-state index in [9.17, 15) is 0 Å². The standard InChI is InChI=1S/C17H17BrSi/c1-19(2,3)17-14-10-6-4-8-12(14)16(18)13-9-5-7-11-15(13)17/h4-11H,1-3H3. The summed E-state index contributed by atoms with van der Waals surface area (Å²) in [5.41, 5.74) is 0. The zero-order valence-corrected chi connectivity index (χ0v) is 14.1. The Morgan fingerprint density at radius 1 is 0.684 bits per heavy atom. The van der Waals surface area contributed by atoms with Crippen molar-refractivity contribution in [1.29, 1.82) is 0 Å². The Kier molecular flexibility index (Phi) is 3.03. The van der Waals surface area contributed by atoms with Gasteiger partial charge in [0.1, 0.15) is 0 Å². The van der Waals surface area contributed by atoms with Gasteiger partial charge in [0.05, 0.1) is 8.07 Å². The van der Waals surface area contributed by atoms with Crippen molar-refractivity contribution in [3.8, 4) is 0 Å². The molecule has 0 aliphatic rings. The van der Waals surface area contributed by atoms with E-state index >= 15 is 0 Å². The Labute approximate surface area is 123 Å². The maximum absolute atomic E-state index is 3.80. The quantitative estimate of drug-likeness (QED) is 0.420. The van der Waals surface area contributed by atoms with Gasteiger partial charge in [-0.2, -0.15) is 0 Å². The zero-order valence-electron chi connectivity index (χ0n) is 11.5. The highest BCUT2D eigenvalue weighted by Gasteiger charge is 2.23. The first kappa shape index (κ1) is 12.9. The van der Waals surface area contributed by atoms with Crippen LogP contribution in [-0.4, -0.2) is 8.07 Å². The maximum atomic E-state index is 3.80. The van der Waals surface area contributed by atoms with Gasteiger partial charge in [0.25, 0.3) is 0 Å². The van der Waals surface area contributed by atoms with Crippen molar-refractivity contribution in [3.63, 3.8) is 0 Å². The molecule has 0 atom stereocenters. The number of fused-ring (bicyclic) bond motifs is 2. The molecule has 19 heavy (non-hydrogen) atoms. The SMILES string of the molecule is C[Si](C)(C)c1c2ccccc2c(Br)c2ccccc12.